The van der Waals surface area contributed by atoms with Gasteiger partial charge in [0.1, 0.15) is 5.58 Å². The van der Waals surface area contributed by atoms with Gasteiger partial charge in [0.2, 0.25) is 0 Å². The second-order valence-corrected chi connectivity index (χ2v) is 22.7. The van der Waals surface area contributed by atoms with Gasteiger partial charge >= 0.3 is 0 Å². The summed E-state index contributed by atoms with van der Waals surface area (Å²) in [6, 6.07) is 53.2. The van der Waals surface area contributed by atoms with Crippen LogP contribution in [0.4, 0.5) is 5.82 Å². The van der Waals surface area contributed by atoms with E-state index in [-0.39, 0.29) is 31.9 Å². The Kier molecular flexibility index (Phi) is 12.5. The first-order valence-electron chi connectivity index (χ1n) is 22.8. The van der Waals surface area contributed by atoms with Gasteiger partial charge in [-0.3, -0.25) is 10.4 Å². The Bertz CT molecular complexity index is 3100. The number of imidazole rings is 1. The molecule has 9 aromatic rings. The molecule has 9 heteroatoms. The number of furan rings is 1. The molecule has 0 saturated carbocycles. The van der Waals surface area contributed by atoms with E-state index < -0.39 is 14.4 Å². The summed E-state index contributed by atoms with van der Waals surface area (Å²) in [5.41, 5.74) is 22.3. The molecule has 3 aromatic heterocycles. The fourth-order valence-electron chi connectivity index (χ4n) is 8.36. The van der Waals surface area contributed by atoms with Gasteiger partial charge in [0.15, 0.2) is 5.82 Å². The Balaban J connectivity index is 0.000000197. The van der Waals surface area contributed by atoms with Crippen LogP contribution in [-0.2, 0) is 33.0 Å². The summed E-state index contributed by atoms with van der Waals surface area (Å²) in [5, 5.41) is 3.21. The molecule has 3 N–H and O–H groups in total. The van der Waals surface area contributed by atoms with E-state index in [1.807, 2.05) is 91.1 Å². The molecular formula is C55H54IrN6OSi-2. The van der Waals surface area contributed by atoms with E-state index >= 15 is 0 Å². The van der Waals surface area contributed by atoms with Crippen molar-refractivity contribution in [1.82, 2.24) is 25.5 Å². The van der Waals surface area contributed by atoms with Crippen LogP contribution >= 0.6 is 0 Å². The van der Waals surface area contributed by atoms with Crippen molar-refractivity contribution in [3.63, 3.8) is 0 Å². The molecule has 1 radical (unpaired) electrons. The Morgan fingerprint density at radius 3 is 2.14 bits per heavy atom. The van der Waals surface area contributed by atoms with Crippen molar-refractivity contribution in [1.29, 1.82) is 0 Å². The Morgan fingerprint density at radius 2 is 1.45 bits per heavy atom. The molecule has 64 heavy (non-hydrogen) atoms. The number of fused-ring (bicyclic) bond motifs is 4. The van der Waals surface area contributed by atoms with Crippen LogP contribution in [0, 0.1) is 12.1 Å². The number of para-hydroxylation sites is 1. The predicted molar refractivity (Wildman–Crippen MR) is 263 cm³/mol. The van der Waals surface area contributed by atoms with Crippen LogP contribution in [0.3, 0.4) is 0 Å². The number of aromatic nitrogens is 3. The molecule has 0 atom stereocenters. The zero-order valence-corrected chi connectivity index (χ0v) is 40.7. The van der Waals surface area contributed by atoms with E-state index in [0.717, 1.165) is 66.8 Å². The third-order valence-electron chi connectivity index (χ3n) is 11.6. The monoisotopic (exact) mass is 1040 g/mol. The van der Waals surface area contributed by atoms with Crippen molar-refractivity contribution in [3.05, 3.63) is 186 Å². The van der Waals surface area contributed by atoms with E-state index in [9.17, 15) is 0 Å². The van der Waals surface area contributed by atoms with Gasteiger partial charge in [0, 0.05) is 40.1 Å². The van der Waals surface area contributed by atoms with Crippen LogP contribution in [0.2, 0.25) is 19.6 Å². The van der Waals surface area contributed by atoms with Crippen molar-refractivity contribution in [2.75, 3.05) is 5.43 Å². The number of anilines is 1. The van der Waals surface area contributed by atoms with E-state index in [1.54, 1.807) is 0 Å². The zero-order valence-electron chi connectivity index (χ0n) is 39.3. The molecule has 0 aliphatic carbocycles. The van der Waals surface area contributed by atoms with Gasteiger partial charge in [0.25, 0.3) is 0 Å². The minimum atomic E-state index is -1.76. The number of benzene rings is 6. The molecular weight excluding hydrogens is 981 g/mol. The Morgan fingerprint density at radius 1 is 0.766 bits per heavy atom. The van der Waals surface area contributed by atoms with Gasteiger partial charge in [-0.15, -0.1) is 54.1 Å². The quantitative estimate of drug-likeness (QED) is 0.0987. The molecule has 10 rings (SSSR count). The fourth-order valence-corrected chi connectivity index (χ4v) is 9.76. The molecule has 0 saturated heterocycles. The molecule has 325 valence electrons. The van der Waals surface area contributed by atoms with E-state index in [2.05, 4.69) is 140 Å². The number of hydrogen-bond acceptors (Lipinski definition) is 6. The summed E-state index contributed by atoms with van der Waals surface area (Å²) in [7, 11) is -1.76. The van der Waals surface area contributed by atoms with Gasteiger partial charge < -0.3 is 14.0 Å². The molecule has 0 amide bonds. The second-order valence-electron chi connectivity index (χ2n) is 17.7. The van der Waals surface area contributed by atoms with Gasteiger partial charge in [-0.1, -0.05) is 149 Å². The minimum absolute atomic E-state index is 0. The van der Waals surface area contributed by atoms with Crippen LogP contribution in [-0.4, -0.2) is 22.6 Å². The average molecular weight is 1040 g/mol. The molecule has 0 bridgehead atoms. The zero-order chi connectivity index (χ0) is 45.5. The molecule has 1 aliphatic rings. The molecule has 7 nitrogen and oxygen atoms in total. The summed E-state index contributed by atoms with van der Waals surface area (Å²) < 4.78 is 26.5. The number of hydrazine groups is 2. The van der Waals surface area contributed by atoms with Gasteiger partial charge in [-0.25, -0.2) is 5.43 Å². The third kappa shape index (κ3) is 9.05. The van der Waals surface area contributed by atoms with Crippen LogP contribution in [0.25, 0.3) is 61.4 Å². The second kappa shape index (κ2) is 19.0. The van der Waals surface area contributed by atoms with E-state index in [4.69, 9.17) is 12.1 Å². The predicted octanol–water partition coefficient (Wildman–Crippen LogP) is 12.8. The number of nitrogens with zero attached hydrogens (tertiary/aromatic N) is 3. The largest absolute Gasteiger partial charge is 0.501 e. The number of rotatable bonds is 9. The first kappa shape index (κ1) is 42.0. The van der Waals surface area contributed by atoms with Gasteiger partial charge in [0.05, 0.1) is 31.7 Å². The van der Waals surface area contributed by atoms with Crippen molar-refractivity contribution < 1.29 is 27.3 Å². The van der Waals surface area contributed by atoms with Crippen molar-refractivity contribution >= 4 is 41.0 Å². The maximum absolute atomic E-state index is 8.84. The van der Waals surface area contributed by atoms with Crippen LogP contribution in [0.1, 0.15) is 70.2 Å². The van der Waals surface area contributed by atoms with Crippen LogP contribution < -0.4 is 21.6 Å². The topological polar surface area (TPSA) is 79.9 Å². The SMILES string of the molecule is CC(C)c1cc(-c2ccccc2)cc(C(C)C)c1-n1c(-c2[c-]ccc3c2oc2ccccc23)nc2c1CNNN2.[2H]C([2H])(c1ccccc1)c1cc(-c2[c-]cccc2)ncc1[Si](C)(C)C.[Ir]. The number of nitrogens with one attached hydrogen (secondary N) is 3. The standard InChI is InChI=1S/C34H32N5O.C21H22NSi.Ir/c1-20(2)27-17-23(22-11-6-5-7-12-22)18-28(21(3)4)31(27)39-29-19-35-38-37-33(29)36-34(39)26-15-10-14-25-24-13-8-9-16-30(24)40-32(25)26;1-23(2,3)21-16-22-20(18-12-8-5-9-13-18)15-19(21)14-17-10-6-4-7-11-17;/h5-14,16-18,20-21,35,37-38H,19H2,1-4H3;4-12,15-16H,14H2,1-3H3;/q2*-1;/i;14D2;. The number of pyridine rings is 1. The summed E-state index contributed by atoms with van der Waals surface area (Å²) in [6.45, 7) is 16.4. The normalized spacial score (nSPS) is 13.1. The molecule has 1 aliphatic heterocycles. The van der Waals surface area contributed by atoms with Crippen molar-refractivity contribution in [2.45, 2.75) is 72.1 Å². The smallest absolute Gasteiger partial charge is 0.154 e. The summed E-state index contributed by atoms with van der Waals surface area (Å²) in [6.07, 6.45) is 0.307. The van der Waals surface area contributed by atoms with Crippen molar-refractivity contribution in [3.8, 4) is 39.5 Å². The van der Waals surface area contributed by atoms with Gasteiger partial charge in [-0.2, -0.15) is 5.53 Å². The molecule has 0 spiro atoms. The van der Waals surface area contributed by atoms with Gasteiger partial charge in [-0.05, 0) is 75.1 Å². The molecule has 4 heterocycles. The van der Waals surface area contributed by atoms with E-state index in [0.29, 0.717) is 12.1 Å². The Labute approximate surface area is 394 Å². The van der Waals surface area contributed by atoms with Crippen molar-refractivity contribution in [2.24, 2.45) is 0 Å². The van der Waals surface area contributed by atoms with Crippen LogP contribution in [0.5, 0.6) is 0 Å². The maximum atomic E-state index is 8.84. The number of hydrogen-bond donors (Lipinski definition) is 3. The minimum Gasteiger partial charge on any atom is -0.501 e. The van der Waals surface area contributed by atoms with Crippen LogP contribution in [0.15, 0.2) is 150 Å². The first-order valence-corrected chi connectivity index (χ1v) is 25.3. The maximum Gasteiger partial charge on any atom is 0.154 e. The molecule has 0 fully saturated rings. The summed E-state index contributed by atoms with van der Waals surface area (Å²) >= 11 is 0. The third-order valence-corrected chi connectivity index (χ3v) is 13.6. The fraction of sp³-hybridized carbons (Fsp3) is 0.200. The average Bonchev–Trinajstić information content (AvgIpc) is 3.90. The Hall–Kier alpha value is -5.93. The molecule has 6 aromatic carbocycles. The molecule has 0 unspecified atom stereocenters. The summed E-state index contributed by atoms with van der Waals surface area (Å²) in [4.78, 5) is 9.78. The first-order chi connectivity index (χ1) is 31.3. The summed E-state index contributed by atoms with van der Waals surface area (Å²) in [5.74, 6) is 2.18. The van der Waals surface area contributed by atoms with E-state index in [1.165, 1.54) is 27.9 Å².